The Bertz CT molecular complexity index is 193. The zero-order chi connectivity index (χ0) is 11.8. The molecule has 4 heteroatoms. The maximum Gasteiger partial charge on any atom is 0.190 e. The molecule has 0 aliphatic heterocycles. The van der Waals surface area contributed by atoms with Gasteiger partial charge in [-0.1, -0.05) is 33.9 Å². The third kappa shape index (κ3) is 3.49. The Kier molecular flexibility index (Phi) is 4.18. The standard InChI is InChI=1S/C10H28N2Si2/c1-10(2,3)13(6,7)11-14(8,9)12(4)5/h11H,1-9H3. The van der Waals surface area contributed by atoms with E-state index in [0.29, 0.717) is 5.04 Å². The summed E-state index contributed by atoms with van der Waals surface area (Å²) in [6, 6.07) is 0. The Hall–Kier alpha value is 0.354. The van der Waals surface area contributed by atoms with E-state index in [1.807, 2.05) is 0 Å². The second kappa shape index (κ2) is 4.08. The molecule has 0 aromatic carbocycles. The first-order chi connectivity index (χ1) is 5.90. The molecule has 0 heterocycles. The minimum Gasteiger partial charge on any atom is -0.347 e. The lowest BCUT2D eigenvalue weighted by Gasteiger charge is -2.45. The van der Waals surface area contributed by atoms with Crippen LogP contribution in [0.5, 0.6) is 0 Å². The minimum atomic E-state index is -1.38. The lowest BCUT2D eigenvalue weighted by molar-refractivity contribution is 0.606. The molecule has 0 aromatic rings. The highest BCUT2D eigenvalue weighted by Gasteiger charge is 2.40. The highest BCUT2D eigenvalue weighted by molar-refractivity contribution is 6.91. The predicted molar refractivity (Wildman–Crippen MR) is 71.5 cm³/mol. The van der Waals surface area contributed by atoms with Crippen LogP contribution in [0.15, 0.2) is 0 Å². The van der Waals surface area contributed by atoms with Gasteiger partial charge < -0.3 is 9.21 Å². The summed E-state index contributed by atoms with van der Waals surface area (Å²) in [5, 5.41) is 0.424. The monoisotopic (exact) mass is 232 g/mol. The van der Waals surface area contributed by atoms with Gasteiger partial charge in [0.05, 0.1) is 0 Å². The average molecular weight is 233 g/mol. The third-order valence-electron chi connectivity index (χ3n) is 3.61. The largest absolute Gasteiger partial charge is 0.347 e. The summed E-state index contributed by atoms with van der Waals surface area (Å²) in [5.74, 6) is 0. The molecule has 0 rings (SSSR count). The van der Waals surface area contributed by atoms with Crippen LogP contribution in [0.4, 0.5) is 0 Å². The average Bonchev–Trinajstić information content (AvgIpc) is 1.80. The van der Waals surface area contributed by atoms with E-state index in [0.717, 1.165) is 0 Å². The maximum atomic E-state index is 3.98. The summed E-state index contributed by atoms with van der Waals surface area (Å²) in [4.78, 5) is 0. The molecule has 0 aromatic heterocycles. The molecule has 0 unspecified atom stereocenters. The van der Waals surface area contributed by atoms with Crippen molar-refractivity contribution in [3.05, 3.63) is 0 Å². The zero-order valence-electron chi connectivity index (χ0n) is 11.4. The fourth-order valence-corrected chi connectivity index (χ4v) is 9.58. The SMILES string of the molecule is CN(C)[Si](C)(C)N[Si](C)(C)C(C)(C)C. The van der Waals surface area contributed by atoms with Crippen LogP contribution in [-0.2, 0) is 0 Å². The zero-order valence-corrected chi connectivity index (χ0v) is 13.4. The van der Waals surface area contributed by atoms with Gasteiger partial charge in [0, 0.05) is 0 Å². The van der Waals surface area contributed by atoms with E-state index in [-0.39, 0.29) is 0 Å². The molecule has 86 valence electrons. The summed E-state index contributed by atoms with van der Waals surface area (Å²) >= 11 is 0. The molecule has 0 spiro atoms. The molecule has 14 heavy (non-hydrogen) atoms. The molecule has 0 fully saturated rings. The third-order valence-corrected chi connectivity index (χ3v) is 14.5. The summed E-state index contributed by atoms with van der Waals surface area (Å²) < 4.78 is 6.36. The number of nitrogens with one attached hydrogen (secondary N) is 1. The normalized spacial score (nSPS) is 15.0. The van der Waals surface area contributed by atoms with Gasteiger partial charge in [-0.15, -0.1) is 0 Å². The number of nitrogens with zero attached hydrogens (tertiary/aromatic N) is 1. The lowest BCUT2D eigenvalue weighted by atomic mass is 10.2. The molecule has 0 radical (unpaired) electrons. The van der Waals surface area contributed by atoms with Gasteiger partial charge in [-0.05, 0) is 32.2 Å². The fraction of sp³-hybridized carbons (Fsp3) is 1.00. The van der Waals surface area contributed by atoms with Crippen molar-refractivity contribution in [3.63, 3.8) is 0 Å². The molecule has 0 atom stereocenters. The van der Waals surface area contributed by atoms with Gasteiger partial charge in [-0.2, -0.15) is 0 Å². The molecule has 1 N–H and O–H groups in total. The Morgan fingerprint density at radius 2 is 1.29 bits per heavy atom. The lowest BCUT2D eigenvalue weighted by Crippen LogP contribution is -2.68. The van der Waals surface area contributed by atoms with Crippen molar-refractivity contribution in [2.45, 2.75) is 52.0 Å². The second-order valence-electron chi connectivity index (χ2n) is 6.45. The van der Waals surface area contributed by atoms with Gasteiger partial charge in [0.2, 0.25) is 0 Å². The Morgan fingerprint density at radius 1 is 0.929 bits per heavy atom. The van der Waals surface area contributed by atoms with Crippen molar-refractivity contribution in [1.82, 2.24) is 9.21 Å². The number of hydrogen-bond donors (Lipinski definition) is 1. The van der Waals surface area contributed by atoms with Crippen molar-refractivity contribution < 1.29 is 0 Å². The van der Waals surface area contributed by atoms with Crippen LogP contribution >= 0.6 is 0 Å². The van der Waals surface area contributed by atoms with Crippen LogP contribution < -0.4 is 4.65 Å². The molecule has 2 nitrogen and oxygen atoms in total. The molecule has 0 amide bonds. The Morgan fingerprint density at radius 3 is 1.50 bits per heavy atom. The van der Waals surface area contributed by atoms with Crippen molar-refractivity contribution in [2.24, 2.45) is 0 Å². The van der Waals surface area contributed by atoms with Crippen LogP contribution in [0.1, 0.15) is 20.8 Å². The van der Waals surface area contributed by atoms with Gasteiger partial charge in [-0.3, -0.25) is 0 Å². The van der Waals surface area contributed by atoms with Gasteiger partial charge in [0.15, 0.2) is 8.40 Å². The van der Waals surface area contributed by atoms with E-state index in [1.54, 1.807) is 0 Å². The fourth-order valence-electron chi connectivity index (χ4n) is 1.06. The van der Waals surface area contributed by atoms with Gasteiger partial charge >= 0.3 is 0 Å². The van der Waals surface area contributed by atoms with Crippen LogP contribution in [0, 0.1) is 0 Å². The molecule has 0 bridgehead atoms. The Labute approximate surface area is 92.3 Å². The van der Waals surface area contributed by atoms with Crippen molar-refractivity contribution in [1.29, 1.82) is 0 Å². The Balaban J connectivity index is 4.67. The first-order valence-electron chi connectivity index (χ1n) is 5.37. The first-order valence-corrected chi connectivity index (χ1v) is 11.3. The summed E-state index contributed by atoms with van der Waals surface area (Å²) in [5.41, 5.74) is 0. The van der Waals surface area contributed by atoms with Crippen LogP contribution in [-0.4, -0.2) is 35.3 Å². The smallest absolute Gasteiger partial charge is 0.190 e. The van der Waals surface area contributed by atoms with E-state index >= 15 is 0 Å². The van der Waals surface area contributed by atoms with E-state index in [9.17, 15) is 0 Å². The predicted octanol–water partition coefficient (Wildman–Crippen LogP) is 2.84. The van der Waals surface area contributed by atoms with Gasteiger partial charge in [0.1, 0.15) is 8.24 Å². The number of hydrogen-bond acceptors (Lipinski definition) is 2. The van der Waals surface area contributed by atoms with Crippen LogP contribution in [0.25, 0.3) is 0 Å². The summed E-state index contributed by atoms with van der Waals surface area (Å²) in [7, 11) is 1.66. The van der Waals surface area contributed by atoms with Crippen LogP contribution in [0.3, 0.4) is 0 Å². The highest BCUT2D eigenvalue weighted by Crippen LogP contribution is 2.34. The van der Waals surface area contributed by atoms with E-state index < -0.39 is 16.6 Å². The van der Waals surface area contributed by atoms with Gasteiger partial charge in [0.25, 0.3) is 0 Å². The van der Waals surface area contributed by atoms with E-state index in [2.05, 4.69) is 70.3 Å². The summed E-state index contributed by atoms with van der Waals surface area (Å²) in [6.07, 6.45) is 0. The van der Waals surface area contributed by atoms with E-state index in [4.69, 9.17) is 0 Å². The first kappa shape index (κ1) is 14.4. The molecular formula is C10H28N2Si2. The van der Waals surface area contributed by atoms with Crippen molar-refractivity contribution in [2.75, 3.05) is 14.1 Å². The number of rotatable bonds is 3. The highest BCUT2D eigenvalue weighted by atomic mass is 28.4. The van der Waals surface area contributed by atoms with Crippen molar-refractivity contribution in [3.8, 4) is 0 Å². The molecule has 0 saturated carbocycles. The maximum absolute atomic E-state index is 3.98. The van der Waals surface area contributed by atoms with E-state index in [1.165, 1.54) is 0 Å². The second-order valence-corrected chi connectivity index (χ2v) is 16.2. The quantitative estimate of drug-likeness (QED) is 0.753. The van der Waals surface area contributed by atoms with Crippen molar-refractivity contribution >= 4 is 16.6 Å². The molecule has 0 aliphatic carbocycles. The molecule has 0 saturated heterocycles. The van der Waals surface area contributed by atoms with Gasteiger partial charge in [-0.25, -0.2) is 0 Å². The van der Waals surface area contributed by atoms with Crippen LogP contribution in [0.2, 0.25) is 31.2 Å². The molecular weight excluding hydrogens is 204 g/mol. The topological polar surface area (TPSA) is 15.3 Å². The minimum absolute atomic E-state index is 0.424. The summed E-state index contributed by atoms with van der Waals surface area (Å²) in [6.45, 7) is 16.7. The molecule has 0 aliphatic rings.